The van der Waals surface area contributed by atoms with Crippen LogP contribution in [-0.2, 0) is 22.5 Å². The Bertz CT molecular complexity index is 685. The molecule has 0 spiro atoms. The maximum absolute atomic E-state index is 12.5. The summed E-state index contributed by atoms with van der Waals surface area (Å²) in [7, 11) is 1.69. The van der Waals surface area contributed by atoms with Crippen LogP contribution in [0.4, 0.5) is 0 Å². The van der Waals surface area contributed by atoms with Crippen molar-refractivity contribution in [2.24, 2.45) is 0 Å². The summed E-state index contributed by atoms with van der Waals surface area (Å²) >= 11 is 1.46. The molecule has 0 radical (unpaired) electrons. The molecule has 0 N–H and O–H groups in total. The number of amides is 1. The van der Waals surface area contributed by atoms with Crippen molar-refractivity contribution in [3.8, 4) is 0 Å². The number of benzene rings is 1. The molecule has 0 bridgehead atoms. The van der Waals surface area contributed by atoms with Gasteiger partial charge < -0.3 is 14.2 Å². The minimum absolute atomic E-state index is 0.162. The number of rotatable bonds is 12. The van der Waals surface area contributed by atoms with Gasteiger partial charge in [-0.3, -0.25) is 4.79 Å². The number of nitrogens with zero attached hydrogens (tertiary/aromatic N) is 4. The Kier molecular flexibility index (Phi) is 9.35. The van der Waals surface area contributed by atoms with Crippen molar-refractivity contribution in [3.63, 3.8) is 0 Å². The highest BCUT2D eigenvalue weighted by Crippen LogP contribution is 2.19. The molecular formula is C20H30N4O2S. The summed E-state index contributed by atoms with van der Waals surface area (Å²) in [6, 6.07) is 10.2. The van der Waals surface area contributed by atoms with E-state index in [1.165, 1.54) is 17.3 Å². The Labute approximate surface area is 166 Å². The van der Waals surface area contributed by atoms with E-state index in [4.69, 9.17) is 4.74 Å². The Morgan fingerprint density at radius 1 is 1.15 bits per heavy atom. The number of hydrogen-bond donors (Lipinski definition) is 0. The van der Waals surface area contributed by atoms with Crippen LogP contribution in [0.25, 0.3) is 0 Å². The van der Waals surface area contributed by atoms with E-state index < -0.39 is 0 Å². The number of thioether (sulfide) groups is 1. The first-order valence-electron chi connectivity index (χ1n) is 9.55. The summed E-state index contributed by atoms with van der Waals surface area (Å²) in [4.78, 5) is 14.5. The minimum atomic E-state index is 0.162. The number of methoxy groups -OCH3 is 1. The zero-order chi connectivity index (χ0) is 19.5. The van der Waals surface area contributed by atoms with Gasteiger partial charge in [-0.15, -0.1) is 10.2 Å². The van der Waals surface area contributed by atoms with Crippen molar-refractivity contribution in [2.45, 2.75) is 44.8 Å². The molecule has 0 fully saturated rings. The van der Waals surface area contributed by atoms with Crippen molar-refractivity contribution in [1.82, 2.24) is 19.7 Å². The molecule has 148 valence electrons. The van der Waals surface area contributed by atoms with Gasteiger partial charge in [-0.1, -0.05) is 55.9 Å². The highest BCUT2D eigenvalue weighted by atomic mass is 32.2. The van der Waals surface area contributed by atoms with Gasteiger partial charge in [0, 0.05) is 33.2 Å². The van der Waals surface area contributed by atoms with Crippen LogP contribution < -0.4 is 0 Å². The van der Waals surface area contributed by atoms with Gasteiger partial charge in [-0.25, -0.2) is 0 Å². The second-order valence-corrected chi connectivity index (χ2v) is 7.32. The van der Waals surface area contributed by atoms with Gasteiger partial charge in [-0.2, -0.15) is 0 Å². The highest BCUT2D eigenvalue weighted by molar-refractivity contribution is 7.99. The van der Waals surface area contributed by atoms with Crippen LogP contribution in [0.5, 0.6) is 0 Å². The molecule has 0 atom stereocenters. The Hall–Kier alpha value is -1.86. The predicted octanol–water partition coefficient (Wildman–Crippen LogP) is 3.26. The van der Waals surface area contributed by atoms with Crippen LogP contribution in [0.3, 0.4) is 0 Å². The molecular weight excluding hydrogens is 360 g/mol. The fraction of sp³-hybridized carbons (Fsp3) is 0.550. The Morgan fingerprint density at radius 2 is 1.85 bits per heavy atom. The molecule has 0 aliphatic heterocycles. The third kappa shape index (κ3) is 6.66. The van der Waals surface area contributed by atoms with E-state index in [-0.39, 0.29) is 5.91 Å². The van der Waals surface area contributed by atoms with E-state index in [2.05, 4.69) is 40.7 Å². The maximum Gasteiger partial charge on any atom is 0.233 e. The van der Waals surface area contributed by atoms with Gasteiger partial charge in [0.2, 0.25) is 5.91 Å². The lowest BCUT2D eigenvalue weighted by Gasteiger charge is -2.21. The van der Waals surface area contributed by atoms with E-state index in [0.29, 0.717) is 25.3 Å². The third-order valence-electron chi connectivity index (χ3n) is 4.18. The zero-order valence-corrected chi connectivity index (χ0v) is 17.4. The first kappa shape index (κ1) is 21.4. The molecule has 6 nitrogen and oxygen atoms in total. The van der Waals surface area contributed by atoms with Crippen molar-refractivity contribution >= 4 is 17.7 Å². The molecule has 2 rings (SSSR count). The van der Waals surface area contributed by atoms with Crippen molar-refractivity contribution in [1.29, 1.82) is 0 Å². The zero-order valence-electron chi connectivity index (χ0n) is 16.6. The molecule has 7 heteroatoms. The van der Waals surface area contributed by atoms with E-state index in [9.17, 15) is 4.79 Å². The summed E-state index contributed by atoms with van der Waals surface area (Å²) in [6.07, 6.45) is 2.66. The largest absolute Gasteiger partial charge is 0.383 e. The molecule has 0 aliphatic rings. The molecule has 1 amide bonds. The molecule has 2 aromatic rings. The molecule has 1 aromatic carbocycles. The Balaban J connectivity index is 2.07. The third-order valence-corrected chi connectivity index (χ3v) is 5.13. The highest BCUT2D eigenvalue weighted by Gasteiger charge is 2.17. The summed E-state index contributed by atoms with van der Waals surface area (Å²) in [5, 5.41) is 9.49. The van der Waals surface area contributed by atoms with Crippen LogP contribution >= 0.6 is 11.8 Å². The molecule has 0 saturated carbocycles. The van der Waals surface area contributed by atoms with Gasteiger partial charge in [0.15, 0.2) is 5.16 Å². The van der Waals surface area contributed by atoms with Crippen LogP contribution in [0.15, 0.2) is 35.5 Å². The number of carbonyl (C=O) groups is 1. The smallest absolute Gasteiger partial charge is 0.233 e. The van der Waals surface area contributed by atoms with E-state index in [0.717, 1.165) is 36.9 Å². The lowest BCUT2D eigenvalue weighted by atomic mass is 10.1. The number of ether oxygens (including phenoxy) is 1. The van der Waals surface area contributed by atoms with Gasteiger partial charge in [-0.05, 0) is 18.4 Å². The lowest BCUT2D eigenvalue weighted by molar-refractivity contribution is -0.128. The topological polar surface area (TPSA) is 60.2 Å². The van der Waals surface area contributed by atoms with E-state index in [1.807, 2.05) is 23.1 Å². The first-order valence-corrected chi connectivity index (χ1v) is 10.5. The second kappa shape index (κ2) is 11.8. The fourth-order valence-corrected chi connectivity index (χ4v) is 3.75. The van der Waals surface area contributed by atoms with Gasteiger partial charge in [0.25, 0.3) is 0 Å². The molecule has 0 saturated heterocycles. The first-order chi connectivity index (χ1) is 13.2. The van der Waals surface area contributed by atoms with Crippen molar-refractivity contribution in [3.05, 3.63) is 41.7 Å². The van der Waals surface area contributed by atoms with Gasteiger partial charge in [0.1, 0.15) is 5.82 Å². The van der Waals surface area contributed by atoms with Crippen LogP contribution in [0.2, 0.25) is 0 Å². The molecule has 1 aromatic heterocycles. The molecule has 1 heterocycles. The van der Waals surface area contributed by atoms with Crippen LogP contribution in [0.1, 0.15) is 38.1 Å². The summed E-state index contributed by atoms with van der Waals surface area (Å²) < 4.78 is 7.31. The summed E-state index contributed by atoms with van der Waals surface area (Å²) in [5.41, 5.74) is 1.19. The number of aromatic nitrogens is 3. The number of carbonyl (C=O) groups excluding carboxylic acids is 1. The summed E-state index contributed by atoms with van der Waals surface area (Å²) in [5.74, 6) is 1.44. The summed E-state index contributed by atoms with van der Waals surface area (Å²) in [6.45, 7) is 7.07. The van der Waals surface area contributed by atoms with Crippen molar-refractivity contribution in [2.75, 3.05) is 32.6 Å². The quantitative estimate of drug-likeness (QED) is 0.521. The molecule has 0 aliphatic carbocycles. The normalized spacial score (nSPS) is 10.9. The van der Waals surface area contributed by atoms with Crippen LogP contribution in [0, 0.1) is 0 Å². The predicted molar refractivity (Wildman–Crippen MR) is 109 cm³/mol. The Morgan fingerprint density at radius 3 is 2.48 bits per heavy atom. The number of hydrogen-bond acceptors (Lipinski definition) is 5. The minimum Gasteiger partial charge on any atom is -0.383 e. The van der Waals surface area contributed by atoms with Crippen LogP contribution in [-0.4, -0.2) is 58.1 Å². The standard InChI is InChI=1S/C20H30N4O2S/c1-4-11-23(12-5-2)19(25)16-27-20-22-21-18(24(20)13-14-26-3)15-17-9-7-6-8-10-17/h6-10H,4-5,11-16H2,1-3H3. The molecule has 27 heavy (non-hydrogen) atoms. The van der Waals surface area contributed by atoms with Crippen molar-refractivity contribution < 1.29 is 9.53 Å². The average Bonchev–Trinajstić information content (AvgIpc) is 3.06. The monoisotopic (exact) mass is 390 g/mol. The lowest BCUT2D eigenvalue weighted by Crippen LogP contribution is -2.33. The second-order valence-electron chi connectivity index (χ2n) is 6.38. The van der Waals surface area contributed by atoms with E-state index in [1.54, 1.807) is 7.11 Å². The van der Waals surface area contributed by atoms with Gasteiger partial charge >= 0.3 is 0 Å². The SMILES string of the molecule is CCCN(CCC)C(=O)CSc1nnc(Cc2ccccc2)n1CCOC. The maximum atomic E-state index is 12.5. The van der Waals surface area contributed by atoms with E-state index >= 15 is 0 Å². The fourth-order valence-electron chi connectivity index (χ4n) is 2.86. The molecule has 0 unspecified atom stereocenters. The van der Waals surface area contributed by atoms with Gasteiger partial charge in [0.05, 0.1) is 12.4 Å². The average molecular weight is 391 g/mol.